The maximum absolute atomic E-state index is 12.8. The Morgan fingerprint density at radius 1 is 1.29 bits per heavy atom. The van der Waals surface area contributed by atoms with Crippen LogP contribution in [0.2, 0.25) is 0 Å². The van der Waals surface area contributed by atoms with Crippen molar-refractivity contribution < 1.29 is 19.4 Å². The number of likely N-dealkylation sites (tertiary alicyclic amines) is 1. The van der Waals surface area contributed by atoms with E-state index in [-0.39, 0.29) is 17.5 Å². The van der Waals surface area contributed by atoms with Crippen molar-refractivity contribution in [3.8, 4) is 0 Å². The van der Waals surface area contributed by atoms with Gasteiger partial charge in [0.25, 0.3) is 0 Å². The number of hydrogen-bond donors (Lipinski definition) is 1. The molecule has 3 atom stereocenters. The van der Waals surface area contributed by atoms with Crippen molar-refractivity contribution in [2.24, 2.45) is 5.92 Å². The van der Waals surface area contributed by atoms with Gasteiger partial charge in [0.1, 0.15) is 6.04 Å². The molecule has 7 heteroatoms. The van der Waals surface area contributed by atoms with Gasteiger partial charge in [0.2, 0.25) is 0 Å². The molecule has 1 aliphatic carbocycles. The zero-order chi connectivity index (χ0) is 15.0. The highest BCUT2D eigenvalue weighted by Crippen LogP contribution is 2.45. The summed E-state index contributed by atoms with van der Waals surface area (Å²) in [6.07, 6.45) is 4.16. The Morgan fingerprint density at radius 2 is 2.05 bits per heavy atom. The monoisotopic (exact) mass is 314 g/mol. The Hall–Kier alpha value is -0.950. The summed E-state index contributed by atoms with van der Waals surface area (Å²) in [4.78, 5) is 27.7. The van der Waals surface area contributed by atoms with Crippen LogP contribution < -0.4 is 0 Å². The average molecular weight is 314 g/mol. The summed E-state index contributed by atoms with van der Waals surface area (Å²) < 4.78 is 5.36. The predicted octanol–water partition coefficient (Wildman–Crippen LogP) is 1.46. The standard InChI is InChI=1S/C14H22N2O4S/c1-20-10-3-2-6-15(7-10)14(19)16-11(13(17)18)8-21-12(16)9-4-5-9/h9-12H,2-8H2,1H3,(H,17,18). The second-order valence-corrected chi connectivity index (χ2v) is 7.20. The summed E-state index contributed by atoms with van der Waals surface area (Å²) >= 11 is 1.62. The fraction of sp³-hybridized carbons (Fsp3) is 0.857. The van der Waals surface area contributed by atoms with Crippen LogP contribution in [0.3, 0.4) is 0 Å². The molecule has 2 heterocycles. The first kappa shape index (κ1) is 15.0. The van der Waals surface area contributed by atoms with Gasteiger partial charge < -0.3 is 14.7 Å². The molecule has 3 unspecified atom stereocenters. The number of carbonyl (C=O) groups excluding carboxylic acids is 1. The van der Waals surface area contributed by atoms with Crippen molar-refractivity contribution in [2.75, 3.05) is 26.0 Å². The molecule has 0 aromatic carbocycles. The third kappa shape index (κ3) is 2.99. The van der Waals surface area contributed by atoms with Crippen LogP contribution in [0.15, 0.2) is 0 Å². The lowest BCUT2D eigenvalue weighted by atomic mass is 10.1. The zero-order valence-electron chi connectivity index (χ0n) is 12.2. The van der Waals surface area contributed by atoms with E-state index in [9.17, 15) is 14.7 Å². The lowest BCUT2D eigenvalue weighted by molar-refractivity contribution is -0.141. The van der Waals surface area contributed by atoms with Crippen molar-refractivity contribution in [1.82, 2.24) is 9.80 Å². The third-order valence-electron chi connectivity index (χ3n) is 4.55. The van der Waals surface area contributed by atoms with Gasteiger partial charge in [-0.05, 0) is 31.6 Å². The van der Waals surface area contributed by atoms with Gasteiger partial charge in [0.05, 0.1) is 11.5 Å². The van der Waals surface area contributed by atoms with E-state index in [1.807, 2.05) is 0 Å². The van der Waals surface area contributed by atoms with Gasteiger partial charge in [-0.15, -0.1) is 11.8 Å². The minimum absolute atomic E-state index is 0.0431. The van der Waals surface area contributed by atoms with Crippen LogP contribution in [-0.2, 0) is 9.53 Å². The second-order valence-electron chi connectivity index (χ2n) is 6.05. The van der Waals surface area contributed by atoms with Gasteiger partial charge in [0.15, 0.2) is 0 Å². The number of carboxylic acids is 1. The van der Waals surface area contributed by atoms with E-state index in [0.717, 1.165) is 25.7 Å². The van der Waals surface area contributed by atoms with E-state index < -0.39 is 12.0 Å². The summed E-state index contributed by atoms with van der Waals surface area (Å²) in [6.45, 7) is 1.27. The molecule has 0 aromatic rings. The molecule has 0 aromatic heterocycles. The first-order valence-corrected chi connectivity index (χ1v) is 8.61. The lowest BCUT2D eigenvalue weighted by Gasteiger charge is -2.37. The largest absolute Gasteiger partial charge is 0.480 e. The summed E-state index contributed by atoms with van der Waals surface area (Å²) in [5.74, 6) is 0.0923. The predicted molar refractivity (Wildman–Crippen MR) is 79.2 cm³/mol. The Labute approximate surface area is 128 Å². The van der Waals surface area contributed by atoms with Crippen LogP contribution in [0.5, 0.6) is 0 Å². The highest BCUT2D eigenvalue weighted by molar-refractivity contribution is 8.00. The number of thioether (sulfide) groups is 1. The van der Waals surface area contributed by atoms with E-state index >= 15 is 0 Å². The molecule has 2 aliphatic heterocycles. The molecule has 3 fully saturated rings. The van der Waals surface area contributed by atoms with Crippen LogP contribution in [0.1, 0.15) is 25.7 Å². The summed E-state index contributed by atoms with van der Waals surface area (Å²) in [6, 6.07) is -0.804. The molecule has 0 radical (unpaired) electrons. The van der Waals surface area contributed by atoms with Crippen molar-refractivity contribution in [1.29, 1.82) is 0 Å². The third-order valence-corrected chi connectivity index (χ3v) is 6.01. The fourth-order valence-electron chi connectivity index (χ4n) is 3.17. The highest BCUT2D eigenvalue weighted by Gasteiger charge is 2.49. The molecule has 0 spiro atoms. The topological polar surface area (TPSA) is 70.1 Å². The highest BCUT2D eigenvalue weighted by atomic mass is 32.2. The van der Waals surface area contributed by atoms with Crippen LogP contribution >= 0.6 is 11.8 Å². The average Bonchev–Trinajstić information content (AvgIpc) is 3.24. The summed E-state index contributed by atoms with van der Waals surface area (Å²) in [5.41, 5.74) is 0. The molecule has 2 saturated heterocycles. The van der Waals surface area contributed by atoms with E-state index in [0.29, 0.717) is 24.8 Å². The molecule has 1 N–H and O–H groups in total. The van der Waals surface area contributed by atoms with Gasteiger partial charge in [-0.3, -0.25) is 4.90 Å². The molecule has 21 heavy (non-hydrogen) atoms. The van der Waals surface area contributed by atoms with Gasteiger partial charge in [-0.2, -0.15) is 0 Å². The van der Waals surface area contributed by atoms with Crippen LogP contribution in [0, 0.1) is 5.92 Å². The minimum atomic E-state index is -0.890. The Morgan fingerprint density at radius 3 is 2.67 bits per heavy atom. The molecule has 1 saturated carbocycles. The van der Waals surface area contributed by atoms with E-state index in [2.05, 4.69) is 0 Å². The number of urea groups is 1. The van der Waals surface area contributed by atoms with Gasteiger partial charge in [-0.25, -0.2) is 9.59 Å². The number of amides is 2. The maximum atomic E-state index is 12.8. The smallest absolute Gasteiger partial charge is 0.327 e. The first-order valence-electron chi connectivity index (χ1n) is 7.56. The first-order chi connectivity index (χ1) is 10.1. The van der Waals surface area contributed by atoms with Gasteiger partial charge >= 0.3 is 12.0 Å². The maximum Gasteiger partial charge on any atom is 0.327 e. The SMILES string of the molecule is COC1CCCN(C(=O)N2C(C(=O)O)CSC2C2CC2)C1. The molecule has 2 amide bonds. The van der Waals surface area contributed by atoms with Crippen molar-refractivity contribution in [2.45, 2.75) is 43.2 Å². The van der Waals surface area contributed by atoms with Crippen LogP contribution in [0.25, 0.3) is 0 Å². The van der Waals surface area contributed by atoms with Crippen molar-refractivity contribution >= 4 is 23.8 Å². The molecule has 118 valence electrons. The number of piperidine rings is 1. The number of ether oxygens (including phenoxy) is 1. The Kier molecular flexibility index (Phi) is 4.31. The van der Waals surface area contributed by atoms with Crippen molar-refractivity contribution in [3.63, 3.8) is 0 Å². The zero-order valence-corrected chi connectivity index (χ0v) is 13.1. The second kappa shape index (κ2) is 6.04. The number of methoxy groups -OCH3 is 1. The van der Waals surface area contributed by atoms with Crippen molar-refractivity contribution in [3.05, 3.63) is 0 Å². The molecule has 3 aliphatic rings. The quantitative estimate of drug-likeness (QED) is 0.854. The number of aliphatic carboxylic acids is 1. The molecular formula is C14H22N2O4S. The van der Waals surface area contributed by atoms with E-state index in [4.69, 9.17) is 4.74 Å². The lowest BCUT2D eigenvalue weighted by Crippen LogP contribution is -2.55. The number of carbonyl (C=O) groups is 2. The summed E-state index contributed by atoms with van der Waals surface area (Å²) in [7, 11) is 1.66. The molecule has 0 bridgehead atoms. The summed E-state index contributed by atoms with van der Waals surface area (Å²) in [5, 5.41) is 9.44. The van der Waals surface area contributed by atoms with Crippen LogP contribution in [0.4, 0.5) is 4.79 Å². The van der Waals surface area contributed by atoms with E-state index in [1.165, 1.54) is 0 Å². The molecular weight excluding hydrogens is 292 g/mol. The fourth-order valence-corrected chi connectivity index (χ4v) is 4.80. The molecule has 3 rings (SSSR count). The number of carboxylic acid groups (broad SMARTS) is 1. The minimum Gasteiger partial charge on any atom is -0.480 e. The number of nitrogens with zero attached hydrogens (tertiary/aromatic N) is 2. The Balaban J connectivity index is 1.74. The van der Waals surface area contributed by atoms with Gasteiger partial charge in [0, 0.05) is 26.0 Å². The van der Waals surface area contributed by atoms with Crippen LogP contribution in [-0.4, -0.2) is 70.4 Å². The normalized spacial score (nSPS) is 33.3. The van der Waals surface area contributed by atoms with Gasteiger partial charge in [-0.1, -0.05) is 0 Å². The Bertz CT molecular complexity index is 429. The number of hydrogen-bond acceptors (Lipinski definition) is 4. The molecule has 6 nitrogen and oxygen atoms in total. The van der Waals surface area contributed by atoms with E-state index in [1.54, 1.807) is 28.7 Å². The number of rotatable bonds is 3.